The molecule has 2 amide bonds. The van der Waals surface area contributed by atoms with Gasteiger partial charge in [-0.15, -0.1) is 11.3 Å². The molecule has 2 aromatic rings. The van der Waals surface area contributed by atoms with Crippen molar-refractivity contribution in [3.05, 3.63) is 43.6 Å². The molecule has 1 aromatic carbocycles. The first-order valence-corrected chi connectivity index (χ1v) is 12.2. The lowest BCUT2D eigenvalue weighted by molar-refractivity contribution is -0.121. The number of benzene rings is 1. The number of halogens is 2. The largest absolute Gasteiger partial charge is 0.506 e. The predicted molar refractivity (Wildman–Crippen MR) is 136 cm³/mol. The fourth-order valence-electron chi connectivity index (χ4n) is 3.33. The normalized spacial score (nSPS) is 16.0. The first kappa shape index (κ1) is 26.7. The van der Waals surface area contributed by atoms with E-state index < -0.39 is 24.0 Å². The highest BCUT2D eigenvalue weighted by molar-refractivity contribution is 7.14. The summed E-state index contributed by atoms with van der Waals surface area (Å²) >= 11 is 13.2. The highest BCUT2D eigenvalue weighted by Crippen LogP contribution is 2.36. The Kier molecular flexibility index (Phi) is 8.95. The van der Waals surface area contributed by atoms with Crippen LogP contribution in [0.5, 0.6) is 5.75 Å². The van der Waals surface area contributed by atoms with Gasteiger partial charge < -0.3 is 31.5 Å². The minimum atomic E-state index is -0.879. The van der Waals surface area contributed by atoms with E-state index in [1.165, 1.54) is 30.4 Å². The van der Waals surface area contributed by atoms with Gasteiger partial charge in [-0.3, -0.25) is 19.4 Å². The van der Waals surface area contributed by atoms with Crippen LogP contribution in [0.4, 0.5) is 5.69 Å². The van der Waals surface area contributed by atoms with Crippen LogP contribution in [0.2, 0.25) is 10.0 Å². The van der Waals surface area contributed by atoms with Gasteiger partial charge in [0.15, 0.2) is 5.96 Å². The Morgan fingerprint density at radius 1 is 1.29 bits per heavy atom. The van der Waals surface area contributed by atoms with Crippen molar-refractivity contribution in [2.75, 3.05) is 25.0 Å². The Balaban J connectivity index is 1.62. The van der Waals surface area contributed by atoms with Gasteiger partial charge in [-0.2, -0.15) is 0 Å². The minimum Gasteiger partial charge on any atom is -0.506 e. The number of aryl methyl sites for hydroxylation is 1. The third kappa shape index (κ3) is 7.31. The van der Waals surface area contributed by atoms with Gasteiger partial charge >= 0.3 is 0 Å². The average Bonchev–Trinajstić information content (AvgIpc) is 3.15. The van der Waals surface area contributed by atoms with E-state index in [0.717, 1.165) is 4.88 Å². The molecule has 0 spiro atoms. The number of phenols is 1. The van der Waals surface area contributed by atoms with Crippen LogP contribution >= 0.6 is 34.5 Å². The third-order valence-corrected chi connectivity index (χ3v) is 6.58. The van der Waals surface area contributed by atoms with E-state index in [9.17, 15) is 24.6 Å². The molecule has 188 valence electrons. The number of amides is 2. The summed E-state index contributed by atoms with van der Waals surface area (Å²) in [5.74, 6) is -1.02. The number of carbonyl (C=O) groups excluding carboxylic acids is 3. The quantitative estimate of drug-likeness (QED) is 0.300. The summed E-state index contributed by atoms with van der Waals surface area (Å²) in [7, 11) is 0. The third-order valence-electron chi connectivity index (χ3n) is 5.03. The Hall–Kier alpha value is -2.86. The molecule has 2 heterocycles. The summed E-state index contributed by atoms with van der Waals surface area (Å²) in [5.41, 5.74) is 0.885. The number of nitrogens with zero attached hydrogens (tertiary/aromatic N) is 1. The average molecular weight is 542 g/mol. The molecular weight excluding hydrogens is 517 g/mol. The van der Waals surface area contributed by atoms with Crippen LogP contribution in [0.15, 0.2) is 23.2 Å². The van der Waals surface area contributed by atoms with E-state index in [4.69, 9.17) is 23.2 Å². The maximum atomic E-state index is 12.6. The van der Waals surface area contributed by atoms with Crippen LogP contribution in [0.25, 0.3) is 0 Å². The number of anilines is 1. The van der Waals surface area contributed by atoms with Gasteiger partial charge in [0.1, 0.15) is 11.5 Å². The van der Waals surface area contributed by atoms with E-state index in [2.05, 4.69) is 26.3 Å². The number of guanidine groups is 1. The van der Waals surface area contributed by atoms with Gasteiger partial charge in [-0.05, 0) is 32.0 Å². The number of hydrogen-bond donors (Lipinski definition) is 6. The molecule has 13 heteroatoms. The molecule has 2 atom stereocenters. The molecule has 0 fully saturated rings. The SMILES string of the molecule is CC(=O)C[C@H](NC(=O)CNC(=O)c1cc(NC2=NCC(O)CN2)c(C)s1)c1cc(Cl)cc(Cl)c1O. The number of aromatic hydroxyl groups is 1. The van der Waals surface area contributed by atoms with Gasteiger partial charge in [0.25, 0.3) is 5.91 Å². The number of nitrogens with one attached hydrogen (secondary N) is 4. The number of carbonyl (C=O) groups is 3. The number of hydrogen-bond acceptors (Lipinski definition) is 9. The molecule has 0 saturated carbocycles. The molecule has 0 bridgehead atoms. The van der Waals surface area contributed by atoms with Crippen LogP contribution < -0.4 is 21.3 Å². The van der Waals surface area contributed by atoms with Gasteiger partial charge in [-0.25, -0.2) is 0 Å². The second kappa shape index (κ2) is 11.7. The Bertz CT molecular complexity index is 1170. The maximum Gasteiger partial charge on any atom is 0.261 e. The molecule has 1 aliphatic heterocycles. The minimum absolute atomic E-state index is 0.00773. The Morgan fingerprint density at radius 2 is 2.03 bits per heavy atom. The molecule has 1 aliphatic rings. The van der Waals surface area contributed by atoms with Crippen LogP contribution in [0, 0.1) is 6.92 Å². The summed E-state index contributed by atoms with van der Waals surface area (Å²) in [6.07, 6.45) is -0.635. The number of ketones is 1. The first-order chi connectivity index (χ1) is 16.5. The Morgan fingerprint density at radius 3 is 2.69 bits per heavy atom. The molecule has 0 radical (unpaired) electrons. The number of aliphatic hydroxyl groups is 1. The van der Waals surface area contributed by atoms with Gasteiger partial charge in [0.05, 0.1) is 40.8 Å². The van der Waals surface area contributed by atoms with Crippen molar-refractivity contribution in [2.45, 2.75) is 32.4 Å². The number of aliphatic imine (C=N–C) groups is 1. The lowest BCUT2D eigenvalue weighted by Gasteiger charge is -2.20. The summed E-state index contributed by atoms with van der Waals surface area (Å²) in [6, 6.07) is 3.54. The summed E-state index contributed by atoms with van der Waals surface area (Å²) < 4.78 is 0. The van der Waals surface area contributed by atoms with Crippen molar-refractivity contribution in [3.8, 4) is 5.75 Å². The molecule has 35 heavy (non-hydrogen) atoms. The molecule has 0 aliphatic carbocycles. The van der Waals surface area contributed by atoms with Crippen molar-refractivity contribution >= 4 is 63.8 Å². The van der Waals surface area contributed by atoms with E-state index >= 15 is 0 Å². The molecule has 1 unspecified atom stereocenters. The number of thiophene rings is 1. The number of aliphatic hydroxyl groups excluding tert-OH is 1. The van der Waals surface area contributed by atoms with Gasteiger partial charge in [0, 0.05) is 28.4 Å². The second-order valence-corrected chi connectivity index (χ2v) is 10.1. The van der Waals surface area contributed by atoms with Gasteiger partial charge in [-0.1, -0.05) is 23.2 Å². The highest BCUT2D eigenvalue weighted by Gasteiger charge is 2.23. The molecule has 0 saturated heterocycles. The zero-order chi connectivity index (χ0) is 25.7. The molecule has 10 nitrogen and oxygen atoms in total. The highest BCUT2D eigenvalue weighted by atomic mass is 35.5. The molecule has 1 aromatic heterocycles. The zero-order valence-corrected chi connectivity index (χ0v) is 21.3. The standard InChI is InChI=1S/C22H25Cl2N5O5S/c1-10(30)3-17(14-4-12(23)5-15(24)20(14)33)28-19(32)9-25-21(34)18-6-16(11(2)35-18)29-22-26-7-13(31)8-27-22/h4-6,13,17,31,33H,3,7-9H2,1-2H3,(H,25,34)(H,28,32)(H2,26,27,29)/t17-/m0/s1. The van der Waals surface area contributed by atoms with Crippen molar-refractivity contribution in [3.63, 3.8) is 0 Å². The fraction of sp³-hybridized carbons (Fsp3) is 0.364. The van der Waals surface area contributed by atoms with E-state index in [1.54, 1.807) is 6.07 Å². The number of β-amino-alcohol motifs (C(OH)–C–C–N with tert-alkyl or cyclic N) is 1. The molecular formula is C22H25Cl2N5O5S. The first-order valence-electron chi connectivity index (χ1n) is 10.6. The summed E-state index contributed by atoms with van der Waals surface area (Å²) in [6.45, 7) is 3.50. The lowest BCUT2D eigenvalue weighted by Crippen LogP contribution is -2.42. The van der Waals surface area contributed by atoms with Crippen molar-refractivity contribution in [1.29, 1.82) is 0 Å². The fourth-order valence-corrected chi connectivity index (χ4v) is 4.73. The van der Waals surface area contributed by atoms with Crippen molar-refractivity contribution in [2.24, 2.45) is 4.99 Å². The van der Waals surface area contributed by atoms with Crippen molar-refractivity contribution < 1.29 is 24.6 Å². The smallest absolute Gasteiger partial charge is 0.261 e. The number of Topliss-reactive ketones (excluding diaryl/α,β-unsaturated/α-hetero) is 1. The zero-order valence-electron chi connectivity index (χ0n) is 18.9. The second-order valence-electron chi connectivity index (χ2n) is 7.96. The van der Waals surface area contributed by atoms with Crippen molar-refractivity contribution in [1.82, 2.24) is 16.0 Å². The van der Waals surface area contributed by atoms with E-state index in [-0.39, 0.29) is 46.7 Å². The monoisotopic (exact) mass is 541 g/mol. The topological polar surface area (TPSA) is 152 Å². The van der Waals surface area contributed by atoms with Crippen LogP contribution in [-0.4, -0.2) is 59.5 Å². The van der Waals surface area contributed by atoms with E-state index in [1.807, 2.05) is 6.92 Å². The summed E-state index contributed by atoms with van der Waals surface area (Å²) in [5, 5.41) is 31.3. The number of phenolic OH excluding ortho intramolecular Hbond substituents is 1. The van der Waals surface area contributed by atoms with Gasteiger partial charge in [0.2, 0.25) is 5.91 Å². The van der Waals surface area contributed by atoms with Crippen LogP contribution in [-0.2, 0) is 9.59 Å². The predicted octanol–water partition coefficient (Wildman–Crippen LogP) is 2.37. The van der Waals surface area contributed by atoms with Crippen LogP contribution in [0.3, 0.4) is 0 Å². The van der Waals surface area contributed by atoms with Crippen LogP contribution in [0.1, 0.15) is 39.5 Å². The number of rotatable bonds is 8. The Labute approximate surface area is 215 Å². The molecule has 6 N–H and O–H groups in total. The summed E-state index contributed by atoms with van der Waals surface area (Å²) in [4.78, 5) is 42.3. The maximum absolute atomic E-state index is 12.6. The molecule has 3 rings (SSSR count). The lowest BCUT2D eigenvalue weighted by atomic mass is 10.0. The van der Waals surface area contributed by atoms with E-state index in [0.29, 0.717) is 23.1 Å².